The Labute approximate surface area is 129 Å². The highest BCUT2D eigenvalue weighted by Gasteiger charge is 2.21. The Kier molecular flexibility index (Phi) is 4.27. The molecule has 0 spiro atoms. The molecule has 19 heavy (non-hydrogen) atoms. The Bertz CT molecular complexity index is 583. The van der Waals surface area contributed by atoms with E-state index in [1.165, 1.54) is 21.2 Å². The summed E-state index contributed by atoms with van der Waals surface area (Å²) in [5, 5.41) is 1.20. The van der Waals surface area contributed by atoms with Crippen LogP contribution in [0.3, 0.4) is 0 Å². The van der Waals surface area contributed by atoms with E-state index < -0.39 is 0 Å². The predicted molar refractivity (Wildman–Crippen MR) is 85.7 cm³/mol. The van der Waals surface area contributed by atoms with Gasteiger partial charge in [0.05, 0.1) is 11.4 Å². The quantitative estimate of drug-likeness (QED) is 0.822. The molecule has 0 bridgehead atoms. The number of benzene rings is 1. The van der Waals surface area contributed by atoms with Gasteiger partial charge in [0.2, 0.25) is 0 Å². The molecule has 1 aliphatic carbocycles. The zero-order valence-electron chi connectivity index (χ0n) is 10.4. The maximum absolute atomic E-state index is 6.12. The molecule has 0 amide bonds. The first-order chi connectivity index (χ1) is 9.24. The lowest BCUT2D eigenvalue weighted by atomic mass is 9.99. The third-order valence-electron chi connectivity index (χ3n) is 3.23. The van der Waals surface area contributed by atoms with Crippen molar-refractivity contribution in [2.75, 3.05) is 0 Å². The fraction of sp³-hybridized carbons (Fsp3) is 0.357. The maximum Gasteiger partial charge on any atom is 0.103 e. The van der Waals surface area contributed by atoms with Crippen molar-refractivity contribution in [3.63, 3.8) is 0 Å². The first-order valence-corrected chi connectivity index (χ1v) is 8.95. The Hall–Kier alpha value is -0.360. The number of thioether (sulfide) groups is 1. The molecule has 1 aromatic carbocycles. The molecule has 1 aromatic heterocycles. The van der Waals surface area contributed by atoms with Crippen molar-refractivity contribution in [1.29, 1.82) is 0 Å². The molecule has 0 aliphatic heterocycles. The Morgan fingerprint density at radius 1 is 1.42 bits per heavy atom. The van der Waals surface area contributed by atoms with Gasteiger partial charge in [0.15, 0.2) is 0 Å². The molecule has 0 saturated heterocycles. The second kappa shape index (κ2) is 5.95. The standard InChI is InChI=1S/C14H15BrN2S2/c15-9-4-1-2-6-11(9)18-8-13-17-14-10(16)5-3-7-12(14)19-13/h1-2,4,6,10H,3,5,7-8,16H2. The van der Waals surface area contributed by atoms with E-state index in [4.69, 9.17) is 10.7 Å². The fourth-order valence-electron chi connectivity index (χ4n) is 2.27. The van der Waals surface area contributed by atoms with Gasteiger partial charge in [0.1, 0.15) is 5.01 Å². The Morgan fingerprint density at radius 3 is 3.05 bits per heavy atom. The zero-order chi connectivity index (χ0) is 13.2. The average Bonchev–Trinajstić information content (AvgIpc) is 2.82. The second-order valence-corrected chi connectivity index (χ2v) is 7.67. The number of aryl methyl sites for hydroxylation is 1. The summed E-state index contributed by atoms with van der Waals surface area (Å²) in [5.74, 6) is 0.924. The fourth-order valence-corrected chi connectivity index (χ4v) is 5.01. The van der Waals surface area contributed by atoms with Gasteiger partial charge < -0.3 is 5.73 Å². The molecule has 0 fully saturated rings. The minimum absolute atomic E-state index is 0.155. The van der Waals surface area contributed by atoms with Crippen molar-refractivity contribution in [3.8, 4) is 0 Å². The highest BCUT2D eigenvalue weighted by Crippen LogP contribution is 2.35. The van der Waals surface area contributed by atoms with E-state index in [1.54, 1.807) is 0 Å². The maximum atomic E-state index is 6.12. The van der Waals surface area contributed by atoms with E-state index in [0.29, 0.717) is 0 Å². The number of aromatic nitrogens is 1. The molecule has 0 radical (unpaired) electrons. The zero-order valence-corrected chi connectivity index (χ0v) is 13.7. The van der Waals surface area contributed by atoms with Crippen LogP contribution in [0.1, 0.15) is 34.5 Å². The molecular formula is C14H15BrN2S2. The van der Waals surface area contributed by atoms with Gasteiger partial charge >= 0.3 is 0 Å². The molecule has 0 saturated carbocycles. The van der Waals surface area contributed by atoms with Gasteiger partial charge in [-0.1, -0.05) is 12.1 Å². The number of nitrogens with two attached hydrogens (primary N) is 1. The van der Waals surface area contributed by atoms with Crippen LogP contribution in [0.4, 0.5) is 0 Å². The van der Waals surface area contributed by atoms with Gasteiger partial charge in [-0.15, -0.1) is 23.1 Å². The number of hydrogen-bond acceptors (Lipinski definition) is 4. The summed E-state index contributed by atoms with van der Waals surface area (Å²) in [7, 11) is 0. The SMILES string of the molecule is NC1CCCc2sc(CSc3ccccc3Br)nc21. The molecule has 1 heterocycles. The van der Waals surface area contributed by atoms with Crippen LogP contribution in [-0.2, 0) is 12.2 Å². The third-order valence-corrected chi connectivity index (χ3v) is 6.58. The molecule has 3 rings (SSSR count). The monoisotopic (exact) mass is 354 g/mol. The van der Waals surface area contributed by atoms with Crippen molar-refractivity contribution < 1.29 is 0 Å². The van der Waals surface area contributed by atoms with Crippen LogP contribution in [0, 0.1) is 0 Å². The van der Waals surface area contributed by atoms with E-state index in [-0.39, 0.29) is 6.04 Å². The van der Waals surface area contributed by atoms with E-state index >= 15 is 0 Å². The van der Waals surface area contributed by atoms with Gasteiger partial charge in [-0.2, -0.15) is 0 Å². The number of hydrogen-bond donors (Lipinski definition) is 1. The van der Waals surface area contributed by atoms with Gasteiger partial charge in [-0.25, -0.2) is 4.98 Å². The smallest absolute Gasteiger partial charge is 0.103 e. The van der Waals surface area contributed by atoms with E-state index in [1.807, 2.05) is 29.2 Å². The van der Waals surface area contributed by atoms with Crippen molar-refractivity contribution in [2.24, 2.45) is 5.73 Å². The minimum Gasteiger partial charge on any atom is -0.323 e. The molecule has 1 atom stereocenters. The first-order valence-electron chi connectivity index (χ1n) is 6.35. The Morgan fingerprint density at radius 2 is 2.26 bits per heavy atom. The number of nitrogens with zero attached hydrogens (tertiary/aromatic N) is 1. The molecule has 2 N–H and O–H groups in total. The summed E-state index contributed by atoms with van der Waals surface area (Å²) in [5.41, 5.74) is 7.27. The minimum atomic E-state index is 0.155. The third kappa shape index (κ3) is 3.05. The predicted octanol–water partition coefficient (Wildman–Crippen LogP) is 4.53. The molecule has 2 nitrogen and oxygen atoms in total. The lowest BCUT2D eigenvalue weighted by Gasteiger charge is -2.15. The summed E-state index contributed by atoms with van der Waals surface area (Å²) in [6.45, 7) is 0. The number of fused-ring (bicyclic) bond motifs is 1. The van der Waals surface area contributed by atoms with Crippen LogP contribution in [0.15, 0.2) is 33.6 Å². The Balaban J connectivity index is 1.73. The van der Waals surface area contributed by atoms with Gasteiger partial charge in [0, 0.05) is 20.3 Å². The molecule has 100 valence electrons. The summed E-state index contributed by atoms with van der Waals surface area (Å²) < 4.78 is 1.15. The first kappa shape index (κ1) is 13.6. The summed E-state index contributed by atoms with van der Waals surface area (Å²) >= 11 is 7.24. The normalized spacial score (nSPS) is 18.3. The lowest BCUT2D eigenvalue weighted by molar-refractivity contribution is 0.563. The topological polar surface area (TPSA) is 38.9 Å². The molecule has 1 aliphatic rings. The van der Waals surface area contributed by atoms with Crippen LogP contribution in [-0.4, -0.2) is 4.98 Å². The van der Waals surface area contributed by atoms with Crippen LogP contribution >= 0.6 is 39.0 Å². The van der Waals surface area contributed by atoms with Crippen molar-refractivity contribution in [3.05, 3.63) is 44.3 Å². The second-order valence-electron chi connectivity index (χ2n) is 4.63. The number of halogens is 1. The van der Waals surface area contributed by atoms with Crippen molar-refractivity contribution >= 4 is 39.0 Å². The van der Waals surface area contributed by atoms with Gasteiger partial charge in [-0.3, -0.25) is 0 Å². The van der Waals surface area contributed by atoms with Crippen LogP contribution in [0.2, 0.25) is 0 Å². The average molecular weight is 355 g/mol. The number of thiazole rings is 1. The lowest BCUT2D eigenvalue weighted by Crippen LogP contribution is -2.16. The summed E-state index contributed by atoms with van der Waals surface area (Å²) in [6, 6.07) is 8.46. The van der Waals surface area contributed by atoms with Crippen LogP contribution in [0.5, 0.6) is 0 Å². The van der Waals surface area contributed by atoms with E-state index in [0.717, 1.165) is 28.8 Å². The van der Waals surface area contributed by atoms with Gasteiger partial charge in [0.25, 0.3) is 0 Å². The molecular weight excluding hydrogens is 340 g/mol. The number of rotatable bonds is 3. The highest BCUT2D eigenvalue weighted by molar-refractivity contribution is 9.10. The molecule has 5 heteroatoms. The van der Waals surface area contributed by atoms with Crippen molar-refractivity contribution in [1.82, 2.24) is 4.98 Å². The van der Waals surface area contributed by atoms with Crippen LogP contribution < -0.4 is 5.73 Å². The van der Waals surface area contributed by atoms with Crippen molar-refractivity contribution in [2.45, 2.75) is 36.0 Å². The summed E-state index contributed by atoms with van der Waals surface area (Å²) in [6.07, 6.45) is 3.43. The highest BCUT2D eigenvalue weighted by atomic mass is 79.9. The molecule has 1 unspecified atom stereocenters. The summed E-state index contributed by atoms with van der Waals surface area (Å²) in [4.78, 5) is 7.40. The largest absolute Gasteiger partial charge is 0.323 e. The van der Waals surface area contributed by atoms with E-state index in [2.05, 4.69) is 34.1 Å². The molecule has 2 aromatic rings. The van der Waals surface area contributed by atoms with E-state index in [9.17, 15) is 0 Å². The van der Waals surface area contributed by atoms with Crippen LogP contribution in [0.25, 0.3) is 0 Å². The van der Waals surface area contributed by atoms with Gasteiger partial charge in [-0.05, 0) is 47.3 Å².